The molecule has 0 radical (unpaired) electrons. The van der Waals surface area contributed by atoms with E-state index in [0.29, 0.717) is 29.4 Å². The maximum atomic E-state index is 12.6. The lowest BCUT2D eigenvalue weighted by Crippen LogP contribution is -2.44. The Bertz CT molecular complexity index is 835. The van der Waals surface area contributed by atoms with Crippen LogP contribution in [0.4, 0.5) is 0 Å². The maximum absolute atomic E-state index is 12.6. The number of aliphatic hydroxyl groups is 1. The quantitative estimate of drug-likeness (QED) is 0.615. The standard InChI is InChI=1S/C18H23N5O3S/c24-15-8-11(7-14(15)22-17(25)10-2-5-27-6-3-10)21-18(26)12-1-4-19-16-13(12)9-20-23-16/h1,4,9-11,14-15,24H,2-3,5-8H2,(H,21,26)(H,22,25)(H,19,20,23)/t11-,14-,15-/m1/s1. The molecule has 4 rings (SSSR count). The lowest BCUT2D eigenvalue weighted by Gasteiger charge is -2.24. The Morgan fingerprint density at radius 1 is 1.22 bits per heavy atom. The minimum Gasteiger partial charge on any atom is -0.391 e. The molecule has 8 nitrogen and oxygen atoms in total. The third-order valence-corrected chi connectivity index (χ3v) is 6.43. The molecule has 0 unspecified atom stereocenters. The molecule has 3 heterocycles. The number of pyridine rings is 1. The summed E-state index contributed by atoms with van der Waals surface area (Å²) in [6.07, 6.45) is 5.22. The van der Waals surface area contributed by atoms with Gasteiger partial charge in [0.05, 0.1) is 29.3 Å². The van der Waals surface area contributed by atoms with Crippen molar-refractivity contribution in [1.82, 2.24) is 25.8 Å². The van der Waals surface area contributed by atoms with Gasteiger partial charge in [-0.1, -0.05) is 0 Å². The number of carbonyl (C=O) groups is 2. The highest BCUT2D eigenvalue weighted by atomic mass is 32.2. The summed E-state index contributed by atoms with van der Waals surface area (Å²) >= 11 is 1.88. The van der Waals surface area contributed by atoms with Crippen LogP contribution in [0, 0.1) is 5.92 Å². The molecule has 2 aliphatic rings. The summed E-state index contributed by atoms with van der Waals surface area (Å²) in [6.45, 7) is 0. The number of fused-ring (bicyclic) bond motifs is 1. The van der Waals surface area contributed by atoms with E-state index in [2.05, 4.69) is 25.8 Å². The topological polar surface area (TPSA) is 120 Å². The van der Waals surface area contributed by atoms with E-state index in [9.17, 15) is 14.7 Å². The summed E-state index contributed by atoms with van der Waals surface area (Å²) in [5.74, 6) is 1.87. The lowest BCUT2D eigenvalue weighted by atomic mass is 10.0. The first-order valence-electron chi connectivity index (χ1n) is 9.27. The largest absolute Gasteiger partial charge is 0.391 e. The monoisotopic (exact) mass is 389 g/mol. The molecule has 27 heavy (non-hydrogen) atoms. The number of nitrogens with zero attached hydrogens (tertiary/aromatic N) is 2. The van der Waals surface area contributed by atoms with E-state index in [1.165, 1.54) is 0 Å². The third kappa shape index (κ3) is 3.93. The summed E-state index contributed by atoms with van der Waals surface area (Å²) in [4.78, 5) is 29.2. The molecular formula is C18H23N5O3S. The van der Waals surface area contributed by atoms with Gasteiger partial charge >= 0.3 is 0 Å². The minimum atomic E-state index is -0.649. The summed E-state index contributed by atoms with van der Waals surface area (Å²) in [5, 5.41) is 23.6. The molecule has 2 amide bonds. The Hall–Kier alpha value is -2.13. The van der Waals surface area contributed by atoms with Crippen LogP contribution in [-0.4, -0.2) is 61.8 Å². The Kier molecular flexibility index (Phi) is 5.31. The van der Waals surface area contributed by atoms with Crippen molar-refractivity contribution in [3.05, 3.63) is 24.0 Å². The van der Waals surface area contributed by atoms with Crippen molar-refractivity contribution >= 4 is 34.6 Å². The fourth-order valence-corrected chi connectivity index (χ4v) is 4.97. The Morgan fingerprint density at radius 3 is 2.85 bits per heavy atom. The van der Waals surface area contributed by atoms with Crippen LogP contribution >= 0.6 is 11.8 Å². The molecule has 1 aliphatic heterocycles. The second-order valence-electron chi connectivity index (χ2n) is 7.20. The molecule has 0 bridgehead atoms. The van der Waals surface area contributed by atoms with Crippen molar-refractivity contribution in [1.29, 1.82) is 0 Å². The van der Waals surface area contributed by atoms with Crippen LogP contribution in [-0.2, 0) is 4.79 Å². The van der Waals surface area contributed by atoms with Crippen LogP contribution in [0.25, 0.3) is 11.0 Å². The normalized spacial score (nSPS) is 26.2. The molecule has 2 aromatic heterocycles. The molecule has 0 spiro atoms. The van der Waals surface area contributed by atoms with Gasteiger partial charge in [-0.15, -0.1) is 0 Å². The Balaban J connectivity index is 1.36. The van der Waals surface area contributed by atoms with E-state index in [-0.39, 0.29) is 29.8 Å². The van der Waals surface area contributed by atoms with E-state index < -0.39 is 6.10 Å². The average molecular weight is 389 g/mol. The average Bonchev–Trinajstić information content (AvgIpc) is 3.28. The van der Waals surface area contributed by atoms with E-state index in [0.717, 1.165) is 24.3 Å². The van der Waals surface area contributed by atoms with E-state index in [1.54, 1.807) is 18.5 Å². The predicted molar refractivity (Wildman–Crippen MR) is 102 cm³/mol. The number of rotatable bonds is 4. The highest BCUT2D eigenvalue weighted by molar-refractivity contribution is 7.99. The van der Waals surface area contributed by atoms with Gasteiger partial charge in [0.15, 0.2) is 5.65 Å². The second-order valence-corrected chi connectivity index (χ2v) is 8.43. The fraction of sp³-hybridized carbons (Fsp3) is 0.556. The summed E-state index contributed by atoms with van der Waals surface area (Å²) in [6, 6.07) is 1.15. The zero-order valence-corrected chi connectivity index (χ0v) is 15.7. The molecule has 0 aromatic carbocycles. The van der Waals surface area contributed by atoms with Crippen molar-refractivity contribution in [2.75, 3.05) is 11.5 Å². The van der Waals surface area contributed by atoms with Gasteiger partial charge in [0.25, 0.3) is 5.91 Å². The number of amides is 2. The molecule has 3 atom stereocenters. The van der Waals surface area contributed by atoms with Gasteiger partial charge in [0.1, 0.15) is 0 Å². The molecule has 9 heteroatoms. The van der Waals surface area contributed by atoms with Crippen molar-refractivity contribution in [3.63, 3.8) is 0 Å². The van der Waals surface area contributed by atoms with Crippen molar-refractivity contribution in [3.8, 4) is 0 Å². The number of aromatic nitrogens is 3. The van der Waals surface area contributed by atoms with Crippen LogP contribution < -0.4 is 10.6 Å². The number of carbonyl (C=O) groups excluding carboxylic acids is 2. The SMILES string of the molecule is O=C(N[C@H]1C[C@@H](O)[C@H](NC(=O)C2CCSCC2)C1)c1ccnc2[nH]ncc12. The highest BCUT2D eigenvalue weighted by Gasteiger charge is 2.36. The van der Waals surface area contributed by atoms with Crippen LogP contribution in [0.1, 0.15) is 36.0 Å². The zero-order valence-electron chi connectivity index (χ0n) is 14.9. The number of nitrogens with one attached hydrogen (secondary N) is 3. The predicted octanol–water partition coefficient (Wildman–Crippen LogP) is 0.839. The molecular weight excluding hydrogens is 366 g/mol. The van der Waals surface area contributed by atoms with Gasteiger partial charge in [-0.05, 0) is 43.3 Å². The Morgan fingerprint density at radius 2 is 2.04 bits per heavy atom. The van der Waals surface area contributed by atoms with Crippen LogP contribution in [0.2, 0.25) is 0 Å². The van der Waals surface area contributed by atoms with E-state index in [4.69, 9.17) is 0 Å². The van der Waals surface area contributed by atoms with Crippen molar-refractivity contribution in [2.45, 2.75) is 43.9 Å². The van der Waals surface area contributed by atoms with E-state index >= 15 is 0 Å². The van der Waals surface area contributed by atoms with Crippen LogP contribution in [0.5, 0.6) is 0 Å². The molecule has 4 N–H and O–H groups in total. The van der Waals surface area contributed by atoms with Crippen molar-refractivity contribution < 1.29 is 14.7 Å². The molecule has 2 aromatic rings. The first-order chi connectivity index (χ1) is 13.1. The smallest absolute Gasteiger partial charge is 0.252 e. The molecule has 1 saturated heterocycles. The number of hydrogen-bond acceptors (Lipinski definition) is 6. The van der Waals surface area contributed by atoms with Crippen LogP contribution in [0.15, 0.2) is 18.5 Å². The second kappa shape index (κ2) is 7.85. The van der Waals surface area contributed by atoms with E-state index in [1.807, 2.05) is 11.8 Å². The van der Waals surface area contributed by atoms with Gasteiger partial charge in [-0.2, -0.15) is 16.9 Å². The van der Waals surface area contributed by atoms with Gasteiger partial charge in [-0.25, -0.2) is 4.98 Å². The molecule has 1 aliphatic carbocycles. The van der Waals surface area contributed by atoms with Crippen LogP contribution in [0.3, 0.4) is 0 Å². The summed E-state index contributed by atoms with van der Waals surface area (Å²) in [5.41, 5.74) is 1.06. The minimum absolute atomic E-state index is 0.0283. The fourth-order valence-electron chi connectivity index (χ4n) is 3.86. The third-order valence-electron chi connectivity index (χ3n) is 5.38. The maximum Gasteiger partial charge on any atom is 0.252 e. The number of aliphatic hydroxyl groups excluding tert-OH is 1. The van der Waals surface area contributed by atoms with Crippen molar-refractivity contribution in [2.24, 2.45) is 5.92 Å². The summed E-state index contributed by atoms with van der Waals surface area (Å²) < 4.78 is 0. The zero-order chi connectivity index (χ0) is 18.8. The van der Waals surface area contributed by atoms with Gasteiger partial charge in [0.2, 0.25) is 5.91 Å². The van der Waals surface area contributed by atoms with Gasteiger partial charge in [0, 0.05) is 18.2 Å². The number of thioether (sulfide) groups is 1. The first kappa shape index (κ1) is 18.2. The van der Waals surface area contributed by atoms with Gasteiger partial charge in [-0.3, -0.25) is 14.7 Å². The van der Waals surface area contributed by atoms with Gasteiger partial charge < -0.3 is 15.7 Å². The number of H-pyrrole nitrogens is 1. The summed E-state index contributed by atoms with van der Waals surface area (Å²) in [7, 11) is 0. The molecule has 144 valence electrons. The number of hydrogen-bond donors (Lipinski definition) is 4. The molecule has 1 saturated carbocycles. The molecule has 2 fully saturated rings. The first-order valence-corrected chi connectivity index (χ1v) is 10.4. The number of aromatic amines is 1. The lowest BCUT2D eigenvalue weighted by molar-refractivity contribution is -0.126. The highest BCUT2D eigenvalue weighted by Crippen LogP contribution is 2.25. The Labute approximate surface area is 160 Å².